The van der Waals surface area contributed by atoms with Gasteiger partial charge in [-0.2, -0.15) is 13.2 Å². The van der Waals surface area contributed by atoms with Gasteiger partial charge in [0.05, 0.1) is 11.3 Å². The quantitative estimate of drug-likeness (QED) is 0.316. The van der Waals surface area contributed by atoms with Crippen molar-refractivity contribution in [2.24, 2.45) is 5.73 Å². The number of pyridine rings is 1. The first-order valence-corrected chi connectivity index (χ1v) is 10.7. The monoisotopic (exact) mass is 466 g/mol. The van der Waals surface area contributed by atoms with Crippen LogP contribution in [0.15, 0.2) is 97.0 Å². The van der Waals surface area contributed by atoms with Crippen LogP contribution < -0.4 is 16.4 Å². The number of hydrogen-bond donors (Lipinski definition) is 3. The van der Waals surface area contributed by atoms with Gasteiger partial charge in [-0.15, -0.1) is 0 Å². The highest BCUT2D eigenvalue weighted by atomic mass is 19.4. The molecule has 0 fully saturated rings. The molecule has 0 aliphatic carbocycles. The van der Waals surface area contributed by atoms with E-state index in [1.165, 1.54) is 18.3 Å². The summed E-state index contributed by atoms with van der Waals surface area (Å²) >= 11 is 0. The Morgan fingerprint density at radius 2 is 1.74 bits per heavy atom. The van der Waals surface area contributed by atoms with Crippen LogP contribution in [0.4, 0.5) is 13.2 Å². The Balaban J connectivity index is 1.59. The molecule has 176 valence electrons. The van der Waals surface area contributed by atoms with Crippen molar-refractivity contribution >= 4 is 5.91 Å². The predicted octanol–water partition coefficient (Wildman–Crippen LogP) is 4.69. The number of rotatable bonds is 9. The number of amides is 1. The third-order valence-electron chi connectivity index (χ3n) is 4.98. The van der Waals surface area contributed by atoms with Crippen molar-refractivity contribution in [3.05, 3.63) is 114 Å². The van der Waals surface area contributed by atoms with E-state index in [1.54, 1.807) is 36.5 Å². The Bertz CT molecular complexity index is 1140. The van der Waals surface area contributed by atoms with Crippen LogP contribution in [0.2, 0.25) is 0 Å². The molecule has 0 atom stereocenters. The maximum absolute atomic E-state index is 12.9. The van der Waals surface area contributed by atoms with Crippen molar-refractivity contribution in [1.82, 2.24) is 15.6 Å². The Morgan fingerprint density at radius 3 is 2.41 bits per heavy atom. The van der Waals surface area contributed by atoms with E-state index in [9.17, 15) is 18.0 Å². The van der Waals surface area contributed by atoms with Crippen molar-refractivity contribution in [3.63, 3.8) is 0 Å². The molecule has 0 unspecified atom stereocenters. The molecule has 34 heavy (non-hydrogen) atoms. The lowest BCUT2D eigenvalue weighted by Gasteiger charge is -2.12. The van der Waals surface area contributed by atoms with Crippen LogP contribution in [0.3, 0.4) is 0 Å². The number of carbonyl (C=O) groups is 1. The van der Waals surface area contributed by atoms with Gasteiger partial charge in [0.25, 0.3) is 5.91 Å². The topological polar surface area (TPSA) is 80.0 Å². The number of aromatic nitrogens is 1. The number of alkyl halides is 3. The molecule has 2 aromatic carbocycles. The van der Waals surface area contributed by atoms with E-state index in [-0.39, 0.29) is 0 Å². The largest absolute Gasteiger partial charge is 0.416 e. The van der Waals surface area contributed by atoms with Gasteiger partial charge in [-0.05, 0) is 47.5 Å². The molecule has 1 amide bonds. The van der Waals surface area contributed by atoms with Crippen LogP contribution in [0.1, 0.15) is 21.6 Å². The van der Waals surface area contributed by atoms with Gasteiger partial charge in [0, 0.05) is 43.2 Å². The smallest absolute Gasteiger partial charge is 0.403 e. The van der Waals surface area contributed by atoms with Crippen molar-refractivity contribution in [1.29, 1.82) is 0 Å². The summed E-state index contributed by atoms with van der Waals surface area (Å²) in [7, 11) is 0. The Morgan fingerprint density at radius 1 is 1.00 bits per heavy atom. The summed E-state index contributed by atoms with van der Waals surface area (Å²) in [5, 5.41) is 5.99. The summed E-state index contributed by atoms with van der Waals surface area (Å²) in [6.45, 7) is 1.32. The molecule has 0 radical (unpaired) electrons. The SMILES string of the molecule is N/C=C(\C=C/CNCCc1ccccn1)NC(=O)c1ccccc1-c1ccc(C(F)(F)F)cc1. The fourth-order valence-electron chi connectivity index (χ4n) is 3.24. The van der Waals surface area contributed by atoms with E-state index in [0.717, 1.165) is 30.8 Å². The first-order valence-electron chi connectivity index (χ1n) is 10.7. The molecule has 8 heteroatoms. The van der Waals surface area contributed by atoms with Gasteiger partial charge in [-0.1, -0.05) is 42.5 Å². The fourth-order valence-corrected chi connectivity index (χ4v) is 3.24. The standard InChI is InChI=1S/C26H25F3N4O/c27-26(28,29)20-12-10-19(11-13-20)23-8-1-2-9-24(23)25(34)33-22(18-30)7-5-15-31-17-14-21-6-3-4-16-32-21/h1-13,16,18,31H,14-15,17,30H2,(H,33,34)/b7-5-,22-18+. The average Bonchev–Trinajstić information content (AvgIpc) is 2.85. The minimum atomic E-state index is -4.42. The fraction of sp³-hybridized carbons (Fsp3) is 0.154. The second-order valence-electron chi connectivity index (χ2n) is 7.37. The summed E-state index contributed by atoms with van der Waals surface area (Å²) in [5.41, 5.74) is 7.66. The lowest BCUT2D eigenvalue weighted by molar-refractivity contribution is -0.137. The van der Waals surface area contributed by atoms with E-state index in [4.69, 9.17) is 5.73 Å². The van der Waals surface area contributed by atoms with Crippen LogP contribution in [-0.2, 0) is 12.6 Å². The molecule has 5 nitrogen and oxygen atoms in total. The average molecular weight is 467 g/mol. The van der Waals surface area contributed by atoms with Gasteiger partial charge in [-0.3, -0.25) is 9.78 Å². The number of nitrogens with zero attached hydrogens (tertiary/aromatic N) is 1. The zero-order valence-corrected chi connectivity index (χ0v) is 18.3. The number of halogens is 3. The van der Waals surface area contributed by atoms with Crippen molar-refractivity contribution in [2.45, 2.75) is 12.6 Å². The third kappa shape index (κ3) is 7.05. The first kappa shape index (κ1) is 24.7. The number of allylic oxidation sites excluding steroid dienone is 1. The summed E-state index contributed by atoms with van der Waals surface area (Å²) in [6.07, 6.45) is 2.93. The van der Waals surface area contributed by atoms with Crippen LogP contribution in [0.25, 0.3) is 11.1 Å². The second kappa shape index (κ2) is 11.8. The molecule has 0 aliphatic heterocycles. The van der Waals surface area contributed by atoms with E-state index >= 15 is 0 Å². The molecule has 1 aromatic heterocycles. The van der Waals surface area contributed by atoms with Gasteiger partial charge in [0.2, 0.25) is 0 Å². The molecule has 1 heterocycles. The molecule has 0 saturated heterocycles. The maximum atomic E-state index is 12.9. The van der Waals surface area contributed by atoms with Gasteiger partial charge < -0.3 is 16.4 Å². The molecule has 0 aliphatic rings. The lowest BCUT2D eigenvalue weighted by atomic mass is 9.98. The van der Waals surface area contributed by atoms with E-state index in [2.05, 4.69) is 15.6 Å². The zero-order chi connectivity index (χ0) is 24.4. The second-order valence-corrected chi connectivity index (χ2v) is 7.37. The van der Waals surface area contributed by atoms with Crippen molar-refractivity contribution in [3.8, 4) is 11.1 Å². The zero-order valence-electron chi connectivity index (χ0n) is 18.3. The van der Waals surface area contributed by atoms with Crippen LogP contribution >= 0.6 is 0 Å². The number of nitrogens with two attached hydrogens (primary N) is 1. The Labute approximate surface area is 196 Å². The number of benzene rings is 2. The molecule has 0 bridgehead atoms. The first-order chi connectivity index (χ1) is 16.4. The number of nitrogens with one attached hydrogen (secondary N) is 2. The molecule has 0 spiro atoms. The summed E-state index contributed by atoms with van der Waals surface area (Å²) in [4.78, 5) is 17.1. The highest BCUT2D eigenvalue weighted by Crippen LogP contribution is 2.31. The minimum Gasteiger partial charge on any atom is -0.403 e. The van der Waals surface area contributed by atoms with Crippen LogP contribution in [-0.4, -0.2) is 24.0 Å². The van der Waals surface area contributed by atoms with E-state index in [0.29, 0.717) is 28.9 Å². The Hall–Kier alpha value is -3.91. The van der Waals surface area contributed by atoms with Crippen molar-refractivity contribution in [2.75, 3.05) is 13.1 Å². The van der Waals surface area contributed by atoms with Gasteiger partial charge >= 0.3 is 6.18 Å². The third-order valence-corrected chi connectivity index (χ3v) is 4.98. The van der Waals surface area contributed by atoms with E-state index < -0.39 is 17.6 Å². The van der Waals surface area contributed by atoms with Gasteiger partial charge in [0.15, 0.2) is 0 Å². The summed E-state index contributed by atoms with van der Waals surface area (Å²) in [6, 6.07) is 17.2. The van der Waals surface area contributed by atoms with Crippen molar-refractivity contribution < 1.29 is 18.0 Å². The highest BCUT2D eigenvalue weighted by molar-refractivity contribution is 6.01. The number of hydrogen-bond acceptors (Lipinski definition) is 4. The molecule has 0 saturated carbocycles. The van der Waals surface area contributed by atoms with Gasteiger partial charge in [0.1, 0.15) is 0 Å². The Kier molecular flexibility index (Phi) is 8.59. The predicted molar refractivity (Wildman–Crippen MR) is 127 cm³/mol. The molecule has 3 rings (SSSR count). The minimum absolute atomic E-state index is 0.323. The maximum Gasteiger partial charge on any atom is 0.416 e. The molecule has 4 N–H and O–H groups in total. The van der Waals surface area contributed by atoms with Gasteiger partial charge in [-0.25, -0.2) is 0 Å². The summed E-state index contributed by atoms with van der Waals surface area (Å²) < 4.78 is 38.6. The molecule has 3 aromatic rings. The van der Waals surface area contributed by atoms with E-state index in [1.807, 2.05) is 24.3 Å². The normalized spacial score (nSPS) is 12.1. The lowest BCUT2D eigenvalue weighted by Crippen LogP contribution is -2.23. The molecular weight excluding hydrogens is 441 g/mol. The highest BCUT2D eigenvalue weighted by Gasteiger charge is 2.30. The number of carbonyl (C=O) groups excluding carboxylic acids is 1. The van der Waals surface area contributed by atoms with Crippen LogP contribution in [0, 0.1) is 0 Å². The van der Waals surface area contributed by atoms with Crippen LogP contribution in [0.5, 0.6) is 0 Å². The summed E-state index contributed by atoms with van der Waals surface area (Å²) in [5.74, 6) is -0.417. The molecular formula is C26H25F3N4O.